The molecule has 1 aromatic rings. The summed E-state index contributed by atoms with van der Waals surface area (Å²) in [5, 5.41) is 3.87. The maximum Gasteiger partial charge on any atom is 0.129 e. The van der Waals surface area contributed by atoms with Gasteiger partial charge in [-0.1, -0.05) is 17.7 Å². The molecule has 1 atom stereocenters. The van der Waals surface area contributed by atoms with Crippen LogP contribution in [0.1, 0.15) is 11.6 Å². The van der Waals surface area contributed by atoms with Crippen molar-refractivity contribution in [1.29, 1.82) is 0 Å². The molecule has 1 fully saturated rings. The number of morpholine rings is 1. The van der Waals surface area contributed by atoms with Crippen molar-refractivity contribution < 1.29 is 4.74 Å². The Morgan fingerprint density at radius 2 is 2.20 bits per heavy atom. The van der Waals surface area contributed by atoms with Crippen molar-refractivity contribution in [3.63, 3.8) is 0 Å². The predicted octanol–water partition coefficient (Wildman–Crippen LogP) is 2.24. The summed E-state index contributed by atoms with van der Waals surface area (Å²) in [6.07, 6.45) is 1.79. The lowest BCUT2D eigenvalue weighted by atomic mass is 10.1. The molecule has 1 aromatic heterocycles. The highest BCUT2D eigenvalue weighted by Crippen LogP contribution is 2.15. The van der Waals surface area contributed by atoms with E-state index in [0.29, 0.717) is 11.8 Å². The number of pyridine rings is 1. The molecule has 1 N–H and O–H groups in total. The zero-order valence-electron chi connectivity index (χ0n) is 7.98. The van der Waals surface area contributed by atoms with Crippen LogP contribution in [0, 0.1) is 0 Å². The van der Waals surface area contributed by atoms with Gasteiger partial charge in [-0.25, -0.2) is 4.98 Å². The molecular weight excluding hydrogens is 258 g/mol. The smallest absolute Gasteiger partial charge is 0.129 e. The zero-order chi connectivity index (χ0) is 9.10. The van der Waals surface area contributed by atoms with E-state index < -0.39 is 0 Å². The van der Waals surface area contributed by atoms with Crippen LogP contribution < -0.4 is 5.32 Å². The second kappa shape index (κ2) is 7.25. The van der Waals surface area contributed by atoms with Crippen LogP contribution in [0.2, 0.25) is 5.15 Å². The minimum Gasteiger partial charge on any atom is -0.378 e. The Morgan fingerprint density at radius 3 is 2.73 bits per heavy atom. The van der Waals surface area contributed by atoms with Gasteiger partial charge in [0, 0.05) is 12.7 Å². The van der Waals surface area contributed by atoms with Gasteiger partial charge in [0.15, 0.2) is 0 Å². The Labute approximate surface area is 106 Å². The molecule has 0 amide bonds. The van der Waals surface area contributed by atoms with E-state index in [1.807, 2.05) is 6.07 Å². The maximum atomic E-state index is 5.69. The molecule has 0 spiro atoms. The Bertz CT molecular complexity index is 275. The van der Waals surface area contributed by atoms with E-state index in [4.69, 9.17) is 16.3 Å². The third-order valence-corrected chi connectivity index (χ3v) is 2.30. The summed E-state index contributed by atoms with van der Waals surface area (Å²) in [6.45, 7) is 2.40. The quantitative estimate of drug-likeness (QED) is 0.796. The number of aromatic nitrogens is 1. The zero-order valence-corrected chi connectivity index (χ0v) is 10.4. The number of rotatable bonds is 1. The third-order valence-electron chi connectivity index (χ3n) is 2.07. The van der Waals surface area contributed by atoms with Gasteiger partial charge in [0.05, 0.1) is 19.3 Å². The molecule has 0 aliphatic carbocycles. The number of hydrogen-bond donors (Lipinski definition) is 1. The first-order valence-corrected chi connectivity index (χ1v) is 4.66. The normalized spacial score (nSPS) is 19.9. The van der Waals surface area contributed by atoms with Crippen LogP contribution in [-0.4, -0.2) is 24.7 Å². The fraction of sp³-hybridized carbons (Fsp3) is 0.444. The Balaban J connectivity index is 0.000000980. The fourth-order valence-electron chi connectivity index (χ4n) is 1.37. The van der Waals surface area contributed by atoms with Gasteiger partial charge >= 0.3 is 0 Å². The summed E-state index contributed by atoms with van der Waals surface area (Å²) >= 11 is 5.69. The Kier molecular flexibility index (Phi) is 7.22. The number of hydrogen-bond acceptors (Lipinski definition) is 3. The third kappa shape index (κ3) is 4.13. The molecule has 1 aliphatic rings. The first-order chi connectivity index (χ1) is 6.36. The standard InChI is InChI=1S/C9H11ClN2O.2ClH/c10-9-2-1-7(5-12-9)8-6-13-4-3-11-8;;/h1-2,5,8,11H,3-4,6H2;2*1H. The lowest BCUT2D eigenvalue weighted by molar-refractivity contribution is 0.0768. The Hall–Kier alpha value is -0.0600. The molecule has 0 saturated carbocycles. The molecule has 86 valence electrons. The van der Waals surface area contributed by atoms with Crippen LogP contribution in [0.15, 0.2) is 18.3 Å². The summed E-state index contributed by atoms with van der Waals surface area (Å²) in [5.74, 6) is 0. The molecule has 0 radical (unpaired) electrons. The van der Waals surface area contributed by atoms with Crippen molar-refractivity contribution in [2.45, 2.75) is 6.04 Å². The summed E-state index contributed by atoms with van der Waals surface area (Å²) in [4.78, 5) is 4.02. The highest BCUT2D eigenvalue weighted by atomic mass is 35.5. The molecule has 1 unspecified atom stereocenters. The van der Waals surface area contributed by atoms with Gasteiger partial charge in [0.1, 0.15) is 5.15 Å². The van der Waals surface area contributed by atoms with Crippen LogP contribution >= 0.6 is 36.4 Å². The highest BCUT2D eigenvalue weighted by Gasteiger charge is 2.14. The molecule has 0 aromatic carbocycles. The van der Waals surface area contributed by atoms with Crippen LogP contribution in [0.5, 0.6) is 0 Å². The van der Waals surface area contributed by atoms with Gasteiger partial charge in [-0.2, -0.15) is 0 Å². The van der Waals surface area contributed by atoms with Crippen molar-refractivity contribution in [2.24, 2.45) is 0 Å². The van der Waals surface area contributed by atoms with E-state index in [1.165, 1.54) is 0 Å². The van der Waals surface area contributed by atoms with E-state index in [-0.39, 0.29) is 30.9 Å². The van der Waals surface area contributed by atoms with E-state index in [2.05, 4.69) is 10.3 Å². The molecule has 15 heavy (non-hydrogen) atoms. The lowest BCUT2D eigenvalue weighted by Crippen LogP contribution is -2.34. The second-order valence-corrected chi connectivity index (χ2v) is 3.38. The van der Waals surface area contributed by atoms with Gasteiger partial charge in [0.25, 0.3) is 0 Å². The number of nitrogens with one attached hydrogen (secondary N) is 1. The van der Waals surface area contributed by atoms with Gasteiger partial charge in [-0.15, -0.1) is 24.8 Å². The van der Waals surface area contributed by atoms with Crippen LogP contribution in [-0.2, 0) is 4.74 Å². The number of ether oxygens (including phenoxy) is 1. The average Bonchev–Trinajstić information content (AvgIpc) is 2.20. The molecule has 1 aliphatic heterocycles. The largest absolute Gasteiger partial charge is 0.378 e. The van der Waals surface area contributed by atoms with Gasteiger partial charge in [0.2, 0.25) is 0 Å². The first-order valence-electron chi connectivity index (χ1n) is 4.29. The van der Waals surface area contributed by atoms with Crippen molar-refractivity contribution in [3.05, 3.63) is 29.0 Å². The highest BCUT2D eigenvalue weighted by molar-refractivity contribution is 6.29. The van der Waals surface area contributed by atoms with Gasteiger partial charge in [-0.3, -0.25) is 0 Å². The Morgan fingerprint density at radius 1 is 1.40 bits per heavy atom. The minimum atomic E-state index is 0. The molecule has 2 rings (SSSR count). The number of halogens is 3. The van der Waals surface area contributed by atoms with Crippen molar-refractivity contribution >= 4 is 36.4 Å². The van der Waals surface area contributed by atoms with E-state index >= 15 is 0 Å². The topological polar surface area (TPSA) is 34.1 Å². The van der Waals surface area contributed by atoms with Gasteiger partial charge < -0.3 is 10.1 Å². The molecule has 2 heterocycles. The molecular formula is C9H13Cl3N2O. The van der Waals surface area contributed by atoms with E-state index in [0.717, 1.165) is 18.7 Å². The SMILES string of the molecule is Cl.Cl.Clc1ccc(C2COCCN2)cn1. The molecule has 1 saturated heterocycles. The fourth-order valence-corrected chi connectivity index (χ4v) is 1.48. The van der Waals surface area contributed by atoms with Gasteiger partial charge in [-0.05, 0) is 11.6 Å². The minimum absolute atomic E-state index is 0. The summed E-state index contributed by atoms with van der Waals surface area (Å²) < 4.78 is 5.34. The van der Waals surface area contributed by atoms with E-state index in [9.17, 15) is 0 Å². The summed E-state index contributed by atoms with van der Waals surface area (Å²) in [5.41, 5.74) is 1.13. The monoisotopic (exact) mass is 270 g/mol. The summed E-state index contributed by atoms with van der Waals surface area (Å²) in [6, 6.07) is 4.04. The predicted molar refractivity (Wildman–Crippen MR) is 65.3 cm³/mol. The maximum absolute atomic E-state index is 5.69. The number of nitrogens with zero attached hydrogens (tertiary/aromatic N) is 1. The lowest BCUT2D eigenvalue weighted by Gasteiger charge is -2.23. The molecule has 3 nitrogen and oxygen atoms in total. The molecule has 6 heteroatoms. The van der Waals surface area contributed by atoms with Crippen LogP contribution in [0.4, 0.5) is 0 Å². The molecule has 0 bridgehead atoms. The van der Waals surface area contributed by atoms with Crippen molar-refractivity contribution in [3.8, 4) is 0 Å². The van der Waals surface area contributed by atoms with Crippen molar-refractivity contribution in [2.75, 3.05) is 19.8 Å². The van der Waals surface area contributed by atoms with Crippen LogP contribution in [0.25, 0.3) is 0 Å². The van der Waals surface area contributed by atoms with Crippen LogP contribution in [0.3, 0.4) is 0 Å². The van der Waals surface area contributed by atoms with E-state index in [1.54, 1.807) is 12.3 Å². The average molecular weight is 272 g/mol. The summed E-state index contributed by atoms with van der Waals surface area (Å²) in [7, 11) is 0. The first kappa shape index (κ1) is 14.9. The van der Waals surface area contributed by atoms with Crippen molar-refractivity contribution in [1.82, 2.24) is 10.3 Å². The second-order valence-electron chi connectivity index (χ2n) is 3.00.